The van der Waals surface area contributed by atoms with Crippen LogP contribution in [-0.4, -0.2) is 17.7 Å². The minimum Gasteiger partial charge on any atom is -0.387 e. The van der Waals surface area contributed by atoms with Crippen LogP contribution >= 0.6 is 0 Å². The predicted octanol–water partition coefficient (Wildman–Crippen LogP) is 4.06. The second-order valence-corrected chi connectivity index (χ2v) is 6.34. The summed E-state index contributed by atoms with van der Waals surface area (Å²) < 4.78 is 0. The van der Waals surface area contributed by atoms with Gasteiger partial charge in [0.15, 0.2) is 0 Å². The molecule has 22 heavy (non-hydrogen) atoms. The molecule has 0 radical (unpaired) electrons. The van der Waals surface area contributed by atoms with Gasteiger partial charge in [-0.1, -0.05) is 68.4 Å². The normalized spacial score (nSPS) is 14.0. The van der Waals surface area contributed by atoms with Crippen LogP contribution < -0.4 is 5.32 Å². The number of aliphatic hydroxyl groups is 1. The van der Waals surface area contributed by atoms with Gasteiger partial charge in [-0.3, -0.25) is 0 Å². The summed E-state index contributed by atoms with van der Waals surface area (Å²) in [6.45, 7) is 7.16. The molecule has 2 nitrogen and oxygen atoms in total. The van der Waals surface area contributed by atoms with E-state index in [-0.39, 0.29) is 0 Å². The zero-order chi connectivity index (χ0) is 15.9. The van der Waals surface area contributed by atoms with Crippen molar-refractivity contribution in [2.24, 2.45) is 0 Å². The van der Waals surface area contributed by atoms with Crippen LogP contribution in [0.4, 0.5) is 0 Å². The summed E-state index contributed by atoms with van der Waals surface area (Å²) in [5.74, 6) is 0.575. The van der Waals surface area contributed by atoms with E-state index in [0.717, 1.165) is 12.0 Å². The molecule has 0 heterocycles. The van der Waals surface area contributed by atoms with Crippen molar-refractivity contribution >= 4 is 0 Å². The van der Waals surface area contributed by atoms with Gasteiger partial charge in [0, 0.05) is 12.6 Å². The fourth-order valence-corrected chi connectivity index (χ4v) is 2.57. The summed E-state index contributed by atoms with van der Waals surface area (Å²) in [7, 11) is 0. The van der Waals surface area contributed by atoms with Gasteiger partial charge in [-0.05, 0) is 36.0 Å². The molecule has 2 aromatic rings. The minimum absolute atomic E-state index is 0.336. The third kappa shape index (κ3) is 4.97. The molecular weight excluding hydrogens is 270 g/mol. The molecule has 2 rings (SSSR count). The second-order valence-electron chi connectivity index (χ2n) is 6.34. The molecule has 0 saturated carbocycles. The molecule has 2 aromatic carbocycles. The Morgan fingerprint density at radius 1 is 0.864 bits per heavy atom. The number of nitrogens with one attached hydrogen (secondary N) is 1. The molecule has 0 bridgehead atoms. The molecule has 2 heteroatoms. The molecule has 0 aromatic heterocycles. The number of hydrogen-bond acceptors (Lipinski definition) is 2. The Kier molecular flexibility index (Phi) is 6.17. The van der Waals surface area contributed by atoms with E-state index in [9.17, 15) is 5.11 Å². The van der Waals surface area contributed by atoms with E-state index < -0.39 is 6.10 Å². The van der Waals surface area contributed by atoms with Gasteiger partial charge in [-0.15, -0.1) is 0 Å². The lowest BCUT2D eigenvalue weighted by Gasteiger charge is -2.18. The van der Waals surface area contributed by atoms with Crippen LogP contribution in [0.2, 0.25) is 0 Å². The van der Waals surface area contributed by atoms with Crippen LogP contribution in [0.5, 0.6) is 0 Å². The maximum atomic E-state index is 10.2. The standard InChI is InChI=1S/C20H27NO/c1-15(2)18-11-9-17(10-12-18)13-16(3)21-14-20(22)19-7-5-4-6-8-19/h4-12,15-16,20-22H,13-14H2,1-3H3. The molecule has 2 atom stereocenters. The molecular formula is C20H27NO. The molecule has 2 unspecified atom stereocenters. The molecule has 0 aliphatic heterocycles. The van der Waals surface area contributed by atoms with Crippen molar-refractivity contribution in [1.82, 2.24) is 5.32 Å². The monoisotopic (exact) mass is 297 g/mol. The SMILES string of the molecule is CC(Cc1ccc(C(C)C)cc1)NCC(O)c1ccccc1. The number of hydrogen-bond donors (Lipinski definition) is 2. The first-order valence-electron chi connectivity index (χ1n) is 8.11. The number of rotatable bonds is 7. The highest BCUT2D eigenvalue weighted by molar-refractivity contribution is 5.25. The molecule has 2 N–H and O–H groups in total. The van der Waals surface area contributed by atoms with E-state index in [1.165, 1.54) is 11.1 Å². The van der Waals surface area contributed by atoms with Crippen LogP contribution in [0, 0.1) is 0 Å². The number of benzene rings is 2. The van der Waals surface area contributed by atoms with Crippen LogP contribution in [0.1, 0.15) is 49.5 Å². The minimum atomic E-state index is -0.452. The highest BCUT2D eigenvalue weighted by Crippen LogP contribution is 2.16. The van der Waals surface area contributed by atoms with Crippen LogP contribution in [0.25, 0.3) is 0 Å². The molecule has 0 amide bonds. The van der Waals surface area contributed by atoms with Gasteiger partial charge in [-0.2, -0.15) is 0 Å². The molecule has 0 aliphatic rings. The van der Waals surface area contributed by atoms with Gasteiger partial charge in [0.1, 0.15) is 0 Å². The van der Waals surface area contributed by atoms with Crippen molar-refractivity contribution in [3.05, 3.63) is 71.3 Å². The Hall–Kier alpha value is -1.64. The van der Waals surface area contributed by atoms with E-state index in [4.69, 9.17) is 0 Å². The molecule has 0 fully saturated rings. The Balaban J connectivity index is 1.81. The summed E-state index contributed by atoms with van der Waals surface area (Å²) in [5.41, 5.74) is 3.67. The lowest BCUT2D eigenvalue weighted by Crippen LogP contribution is -2.32. The predicted molar refractivity (Wildman–Crippen MR) is 93.1 cm³/mol. The highest BCUT2D eigenvalue weighted by atomic mass is 16.3. The lowest BCUT2D eigenvalue weighted by molar-refractivity contribution is 0.170. The first-order chi connectivity index (χ1) is 10.6. The van der Waals surface area contributed by atoms with E-state index >= 15 is 0 Å². The highest BCUT2D eigenvalue weighted by Gasteiger charge is 2.09. The van der Waals surface area contributed by atoms with Gasteiger partial charge in [0.25, 0.3) is 0 Å². The van der Waals surface area contributed by atoms with Crippen molar-refractivity contribution in [3.63, 3.8) is 0 Å². The van der Waals surface area contributed by atoms with Crippen LogP contribution in [0.15, 0.2) is 54.6 Å². The zero-order valence-electron chi connectivity index (χ0n) is 13.8. The zero-order valence-corrected chi connectivity index (χ0v) is 13.8. The van der Waals surface area contributed by atoms with Crippen molar-refractivity contribution in [2.75, 3.05) is 6.54 Å². The summed E-state index contributed by atoms with van der Waals surface area (Å²) in [6, 6.07) is 19.0. The van der Waals surface area contributed by atoms with E-state index in [1.807, 2.05) is 30.3 Å². The van der Waals surface area contributed by atoms with Gasteiger partial charge in [0.05, 0.1) is 6.10 Å². The Morgan fingerprint density at radius 3 is 2.09 bits per heavy atom. The van der Waals surface area contributed by atoms with Crippen molar-refractivity contribution in [3.8, 4) is 0 Å². The molecule has 0 aliphatic carbocycles. The summed E-state index contributed by atoms with van der Waals surface area (Å²) in [4.78, 5) is 0. The smallest absolute Gasteiger partial charge is 0.0914 e. The average molecular weight is 297 g/mol. The fourth-order valence-electron chi connectivity index (χ4n) is 2.57. The Morgan fingerprint density at radius 2 is 1.50 bits per heavy atom. The topological polar surface area (TPSA) is 32.3 Å². The summed E-state index contributed by atoms with van der Waals surface area (Å²) >= 11 is 0. The first kappa shape index (κ1) is 16.7. The van der Waals surface area contributed by atoms with Crippen molar-refractivity contribution in [1.29, 1.82) is 0 Å². The van der Waals surface area contributed by atoms with Crippen molar-refractivity contribution in [2.45, 2.75) is 45.3 Å². The molecule has 0 saturated heterocycles. The quantitative estimate of drug-likeness (QED) is 0.807. The van der Waals surface area contributed by atoms with Crippen LogP contribution in [-0.2, 0) is 6.42 Å². The van der Waals surface area contributed by atoms with E-state index in [0.29, 0.717) is 18.5 Å². The van der Waals surface area contributed by atoms with Gasteiger partial charge >= 0.3 is 0 Å². The third-order valence-corrected chi connectivity index (χ3v) is 4.03. The van der Waals surface area contributed by atoms with Gasteiger partial charge in [0.2, 0.25) is 0 Å². The first-order valence-corrected chi connectivity index (χ1v) is 8.11. The third-order valence-electron chi connectivity index (χ3n) is 4.03. The fraction of sp³-hybridized carbons (Fsp3) is 0.400. The Labute approximate surface area is 134 Å². The van der Waals surface area contributed by atoms with Gasteiger partial charge < -0.3 is 10.4 Å². The maximum Gasteiger partial charge on any atom is 0.0914 e. The van der Waals surface area contributed by atoms with Crippen LogP contribution in [0.3, 0.4) is 0 Å². The molecule has 118 valence electrons. The van der Waals surface area contributed by atoms with E-state index in [2.05, 4.69) is 50.4 Å². The Bertz CT molecular complexity index is 548. The molecule has 0 spiro atoms. The van der Waals surface area contributed by atoms with E-state index in [1.54, 1.807) is 0 Å². The summed E-state index contributed by atoms with van der Waals surface area (Å²) in [6.07, 6.45) is 0.520. The summed E-state index contributed by atoms with van der Waals surface area (Å²) in [5, 5.41) is 13.6. The van der Waals surface area contributed by atoms with Gasteiger partial charge in [-0.25, -0.2) is 0 Å². The maximum absolute atomic E-state index is 10.2. The second kappa shape index (κ2) is 8.11. The lowest BCUT2D eigenvalue weighted by atomic mass is 9.99. The van der Waals surface area contributed by atoms with Crippen molar-refractivity contribution < 1.29 is 5.11 Å². The average Bonchev–Trinajstić information content (AvgIpc) is 2.54. The number of aliphatic hydroxyl groups excluding tert-OH is 1. The largest absolute Gasteiger partial charge is 0.387 e.